The van der Waals surface area contributed by atoms with Crippen molar-refractivity contribution in [2.24, 2.45) is 0 Å². The molecule has 0 bridgehead atoms. The predicted octanol–water partition coefficient (Wildman–Crippen LogP) is 1.64. The summed E-state index contributed by atoms with van der Waals surface area (Å²) in [6.45, 7) is 5.41. The highest BCUT2D eigenvalue weighted by Gasteiger charge is 2.13. The lowest BCUT2D eigenvalue weighted by molar-refractivity contribution is 0.588. The van der Waals surface area contributed by atoms with Gasteiger partial charge in [-0.2, -0.15) is 0 Å². The Bertz CT molecular complexity index is 303. The van der Waals surface area contributed by atoms with Crippen molar-refractivity contribution >= 4 is 12.4 Å². The van der Waals surface area contributed by atoms with E-state index in [0.29, 0.717) is 0 Å². The third kappa shape index (κ3) is 1.90. The van der Waals surface area contributed by atoms with Crippen LogP contribution in [0.15, 0.2) is 18.3 Å². The van der Waals surface area contributed by atoms with Gasteiger partial charge in [0.15, 0.2) is 0 Å². The van der Waals surface area contributed by atoms with Gasteiger partial charge in [-0.15, -0.1) is 0 Å². The number of aromatic nitrogens is 1. The molecule has 1 heterocycles. The van der Waals surface area contributed by atoms with Crippen LogP contribution in [-0.4, -0.2) is 18.3 Å². The zero-order valence-electron chi connectivity index (χ0n) is 7.03. The van der Waals surface area contributed by atoms with Gasteiger partial charge in [-0.1, -0.05) is 0 Å². The fourth-order valence-electron chi connectivity index (χ4n) is 1.04. The minimum Gasteiger partial charge on any atom is -0.319 e. The summed E-state index contributed by atoms with van der Waals surface area (Å²) in [5.41, 5.74) is 0.876. The molecule has 11 heavy (non-hydrogen) atoms. The van der Waals surface area contributed by atoms with Crippen LogP contribution in [0.2, 0.25) is 0 Å². The van der Waals surface area contributed by atoms with Crippen LogP contribution >= 0.6 is 7.14 Å². The zero-order chi connectivity index (χ0) is 8.48. The van der Waals surface area contributed by atoms with Gasteiger partial charge in [0.1, 0.15) is 7.14 Å². The highest BCUT2D eigenvalue weighted by Crippen LogP contribution is 2.34. The standard InChI is InChI=1S/C8H12NOP/c1-7-8(11(2,3)10)5-4-6-9-7/h4-6H,1-3H3. The normalized spacial score (nSPS) is 11.5. The second-order valence-electron chi connectivity index (χ2n) is 2.96. The van der Waals surface area contributed by atoms with Crippen LogP contribution < -0.4 is 5.30 Å². The molecule has 0 aliphatic heterocycles. The Balaban J connectivity index is 3.25. The van der Waals surface area contributed by atoms with Crippen molar-refractivity contribution in [2.45, 2.75) is 6.92 Å². The highest BCUT2D eigenvalue weighted by atomic mass is 31.2. The van der Waals surface area contributed by atoms with Crippen molar-refractivity contribution in [2.75, 3.05) is 13.3 Å². The summed E-state index contributed by atoms with van der Waals surface area (Å²) in [5.74, 6) is 0. The molecular weight excluding hydrogens is 157 g/mol. The quantitative estimate of drug-likeness (QED) is 0.598. The molecule has 1 aromatic rings. The van der Waals surface area contributed by atoms with Crippen LogP contribution in [-0.2, 0) is 4.57 Å². The van der Waals surface area contributed by atoms with Crippen LogP contribution in [0, 0.1) is 6.92 Å². The molecule has 2 nitrogen and oxygen atoms in total. The Hall–Kier alpha value is -0.620. The fraction of sp³-hybridized carbons (Fsp3) is 0.375. The van der Waals surface area contributed by atoms with Gasteiger partial charge in [-0.25, -0.2) is 0 Å². The Morgan fingerprint density at radius 2 is 2.09 bits per heavy atom. The van der Waals surface area contributed by atoms with Crippen LogP contribution in [0.5, 0.6) is 0 Å². The second kappa shape index (κ2) is 2.78. The Morgan fingerprint density at radius 1 is 1.45 bits per heavy atom. The summed E-state index contributed by atoms with van der Waals surface area (Å²) in [4.78, 5) is 4.07. The van der Waals surface area contributed by atoms with E-state index in [1.165, 1.54) is 0 Å². The maximum absolute atomic E-state index is 11.6. The molecule has 0 aliphatic carbocycles. The Labute approximate surface area is 67.0 Å². The van der Waals surface area contributed by atoms with Gasteiger partial charge in [-0.05, 0) is 32.4 Å². The maximum Gasteiger partial charge on any atom is 0.111 e. The summed E-state index contributed by atoms with van der Waals surface area (Å²) in [5, 5.41) is 0.889. The molecule has 0 saturated carbocycles. The fourth-order valence-corrected chi connectivity index (χ4v) is 2.33. The molecule has 60 valence electrons. The molecule has 0 fully saturated rings. The molecule has 0 radical (unpaired) electrons. The minimum absolute atomic E-state index is 0.876. The van der Waals surface area contributed by atoms with E-state index >= 15 is 0 Å². The summed E-state index contributed by atoms with van der Waals surface area (Å²) in [6, 6.07) is 3.70. The first-order valence-corrected chi connectivity index (χ1v) is 6.09. The lowest BCUT2D eigenvalue weighted by atomic mass is 10.4. The van der Waals surface area contributed by atoms with Crippen LogP contribution in [0.1, 0.15) is 5.69 Å². The molecule has 0 aliphatic rings. The van der Waals surface area contributed by atoms with Gasteiger partial charge < -0.3 is 4.57 Å². The number of nitrogens with zero attached hydrogens (tertiary/aromatic N) is 1. The first kappa shape index (κ1) is 8.48. The van der Waals surface area contributed by atoms with Gasteiger partial charge in [-0.3, -0.25) is 4.98 Å². The first-order chi connectivity index (χ1) is 5.02. The van der Waals surface area contributed by atoms with Gasteiger partial charge in [0.2, 0.25) is 0 Å². The van der Waals surface area contributed by atoms with Gasteiger partial charge >= 0.3 is 0 Å². The molecule has 1 aromatic heterocycles. The van der Waals surface area contributed by atoms with Gasteiger partial charge in [0, 0.05) is 17.2 Å². The number of rotatable bonds is 1. The molecular formula is C8H12NOP. The van der Waals surface area contributed by atoms with E-state index < -0.39 is 7.14 Å². The molecule has 3 heteroatoms. The van der Waals surface area contributed by atoms with Crippen molar-refractivity contribution in [3.8, 4) is 0 Å². The smallest absolute Gasteiger partial charge is 0.111 e. The predicted molar refractivity (Wildman–Crippen MR) is 48.1 cm³/mol. The SMILES string of the molecule is Cc1ncccc1P(C)(C)=O. The van der Waals surface area contributed by atoms with Crippen LogP contribution in [0.4, 0.5) is 0 Å². The molecule has 0 N–H and O–H groups in total. The monoisotopic (exact) mass is 169 g/mol. The van der Waals surface area contributed by atoms with Crippen molar-refractivity contribution in [1.29, 1.82) is 0 Å². The van der Waals surface area contributed by atoms with E-state index in [0.717, 1.165) is 11.0 Å². The van der Waals surface area contributed by atoms with E-state index in [4.69, 9.17) is 0 Å². The highest BCUT2D eigenvalue weighted by molar-refractivity contribution is 7.70. The molecule has 0 unspecified atom stereocenters. The van der Waals surface area contributed by atoms with Gasteiger partial charge in [0.05, 0.1) is 0 Å². The first-order valence-electron chi connectivity index (χ1n) is 3.49. The molecule has 0 saturated heterocycles. The van der Waals surface area contributed by atoms with Crippen molar-refractivity contribution in [1.82, 2.24) is 4.98 Å². The second-order valence-corrected chi connectivity index (χ2v) is 6.14. The number of aryl methyl sites for hydroxylation is 1. The Morgan fingerprint density at radius 3 is 2.45 bits per heavy atom. The molecule has 0 aromatic carbocycles. The summed E-state index contributed by atoms with van der Waals surface area (Å²) >= 11 is 0. The van der Waals surface area contributed by atoms with Crippen molar-refractivity contribution < 1.29 is 4.57 Å². The lowest BCUT2D eigenvalue weighted by Gasteiger charge is -2.07. The minimum atomic E-state index is -2.12. The topological polar surface area (TPSA) is 30.0 Å². The average molecular weight is 169 g/mol. The maximum atomic E-state index is 11.6. The molecule has 0 amide bonds. The molecule has 0 atom stereocenters. The molecule has 1 rings (SSSR count). The third-order valence-corrected chi connectivity index (χ3v) is 3.19. The number of pyridine rings is 1. The van der Waals surface area contributed by atoms with Gasteiger partial charge in [0.25, 0.3) is 0 Å². The third-order valence-electron chi connectivity index (χ3n) is 1.56. The van der Waals surface area contributed by atoms with E-state index in [1.54, 1.807) is 19.5 Å². The largest absolute Gasteiger partial charge is 0.319 e. The van der Waals surface area contributed by atoms with E-state index in [-0.39, 0.29) is 0 Å². The van der Waals surface area contributed by atoms with Crippen molar-refractivity contribution in [3.05, 3.63) is 24.0 Å². The van der Waals surface area contributed by atoms with Crippen molar-refractivity contribution in [3.63, 3.8) is 0 Å². The summed E-state index contributed by atoms with van der Waals surface area (Å²) in [7, 11) is -2.12. The van der Waals surface area contributed by atoms with E-state index in [1.807, 2.05) is 19.1 Å². The summed E-state index contributed by atoms with van der Waals surface area (Å²) < 4.78 is 11.6. The Kier molecular flexibility index (Phi) is 2.15. The van der Waals surface area contributed by atoms with Crippen LogP contribution in [0.25, 0.3) is 0 Å². The number of hydrogen-bond donors (Lipinski definition) is 0. The van der Waals surface area contributed by atoms with Crippen LogP contribution in [0.3, 0.4) is 0 Å². The average Bonchev–Trinajstić information content (AvgIpc) is 1.86. The summed E-state index contributed by atoms with van der Waals surface area (Å²) in [6.07, 6.45) is 1.72. The van der Waals surface area contributed by atoms with E-state index in [2.05, 4.69) is 4.98 Å². The lowest BCUT2D eigenvalue weighted by Crippen LogP contribution is -2.08. The zero-order valence-corrected chi connectivity index (χ0v) is 7.93. The van der Waals surface area contributed by atoms with E-state index in [9.17, 15) is 4.57 Å². The number of hydrogen-bond acceptors (Lipinski definition) is 2. The molecule has 0 spiro atoms.